The number of piperazine rings is 1. The normalized spacial score (nSPS) is 16.5. The molecule has 138 valence electrons. The van der Waals surface area contributed by atoms with Gasteiger partial charge in [-0.3, -0.25) is 9.80 Å². The van der Waals surface area contributed by atoms with Crippen molar-refractivity contribution in [1.82, 2.24) is 29.4 Å². The third kappa shape index (κ3) is 3.55. The van der Waals surface area contributed by atoms with Crippen molar-refractivity contribution >= 4 is 11.6 Å². The highest BCUT2D eigenvalue weighted by atomic mass is 16.5. The highest BCUT2D eigenvalue weighted by molar-refractivity contribution is 5.54. The number of ether oxygens (including phenoxy) is 1. The van der Waals surface area contributed by atoms with Crippen LogP contribution in [0.3, 0.4) is 0 Å². The first-order valence-corrected chi connectivity index (χ1v) is 8.72. The van der Waals surface area contributed by atoms with Crippen LogP contribution in [0.4, 0.5) is 5.95 Å². The van der Waals surface area contributed by atoms with Gasteiger partial charge >= 0.3 is 0 Å². The van der Waals surface area contributed by atoms with E-state index >= 15 is 0 Å². The first-order valence-electron chi connectivity index (χ1n) is 8.72. The number of anilines is 1. The summed E-state index contributed by atoms with van der Waals surface area (Å²) < 4.78 is 12.1. The molecule has 0 saturated carbocycles. The number of rotatable bonds is 6. The molecule has 0 radical (unpaired) electrons. The van der Waals surface area contributed by atoms with Gasteiger partial charge in [-0.2, -0.15) is 4.52 Å². The Morgan fingerprint density at radius 2 is 2.00 bits per heavy atom. The van der Waals surface area contributed by atoms with E-state index in [9.17, 15) is 0 Å². The molecule has 0 aliphatic carbocycles. The molecule has 3 aromatic heterocycles. The maximum absolute atomic E-state index is 6.08. The molecule has 0 atom stereocenters. The molecule has 1 aliphatic heterocycles. The van der Waals surface area contributed by atoms with E-state index in [2.05, 4.69) is 24.9 Å². The monoisotopic (exact) mass is 357 g/mol. The van der Waals surface area contributed by atoms with Gasteiger partial charge in [0.25, 0.3) is 0 Å². The SMILES string of the molecule is COCCN1CCN(Cc2cc3nc(-c4ccco4)nn3c(N)n2)CC1. The van der Waals surface area contributed by atoms with Gasteiger partial charge in [-0.1, -0.05) is 0 Å². The zero-order valence-electron chi connectivity index (χ0n) is 14.8. The molecule has 4 rings (SSSR count). The van der Waals surface area contributed by atoms with Gasteiger partial charge in [0, 0.05) is 52.4 Å². The van der Waals surface area contributed by atoms with Gasteiger partial charge < -0.3 is 14.9 Å². The number of nitrogens with two attached hydrogens (primary N) is 1. The maximum Gasteiger partial charge on any atom is 0.223 e. The molecule has 9 heteroatoms. The predicted octanol–water partition coefficient (Wildman–Crippen LogP) is 0.730. The zero-order valence-corrected chi connectivity index (χ0v) is 14.8. The summed E-state index contributed by atoms with van der Waals surface area (Å²) in [7, 11) is 1.74. The van der Waals surface area contributed by atoms with Crippen molar-refractivity contribution in [2.75, 3.05) is 52.2 Å². The van der Waals surface area contributed by atoms with E-state index in [1.54, 1.807) is 24.0 Å². The molecular weight excluding hydrogens is 334 g/mol. The van der Waals surface area contributed by atoms with Crippen LogP contribution in [-0.2, 0) is 11.3 Å². The minimum Gasteiger partial charge on any atom is -0.461 e. The third-order valence-electron chi connectivity index (χ3n) is 4.61. The van der Waals surface area contributed by atoms with Crippen molar-refractivity contribution in [1.29, 1.82) is 0 Å². The minimum atomic E-state index is 0.335. The summed E-state index contributed by atoms with van der Waals surface area (Å²) in [6, 6.07) is 5.57. The zero-order chi connectivity index (χ0) is 17.9. The molecule has 0 spiro atoms. The van der Waals surface area contributed by atoms with Crippen molar-refractivity contribution in [3.05, 3.63) is 30.2 Å². The molecule has 0 bridgehead atoms. The fourth-order valence-corrected chi connectivity index (χ4v) is 3.17. The van der Waals surface area contributed by atoms with E-state index in [1.165, 1.54) is 0 Å². The van der Waals surface area contributed by atoms with Gasteiger partial charge in [0.15, 0.2) is 11.4 Å². The summed E-state index contributed by atoms with van der Waals surface area (Å²) >= 11 is 0. The molecule has 0 amide bonds. The van der Waals surface area contributed by atoms with Gasteiger partial charge in [0.2, 0.25) is 11.8 Å². The second-order valence-electron chi connectivity index (χ2n) is 6.40. The minimum absolute atomic E-state index is 0.335. The summed E-state index contributed by atoms with van der Waals surface area (Å²) in [5.41, 5.74) is 7.66. The number of aromatic nitrogens is 4. The second-order valence-corrected chi connectivity index (χ2v) is 6.40. The lowest BCUT2D eigenvalue weighted by Crippen LogP contribution is -2.46. The Bertz CT molecular complexity index is 854. The number of hydrogen-bond donors (Lipinski definition) is 1. The lowest BCUT2D eigenvalue weighted by Gasteiger charge is -2.34. The Balaban J connectivity index is 1.46. The second kappa shape index (κ2) is 7.40. The number of fused-ring (bicyclic) bond motifs is 1. The van der Waals surface area contributed by atoms with Crippen LogP contribution in [0.15, 0.2) is 28.9 Å². The Hall–Kier alpha value is -2.49. The average Bonchev–Trinajstić information content (AvgIpc) is 3.30. The quantitative estimate of drug-likeness (QED) is 0.689. The summed E-state index contributed by atoms with van der Waals surface area (Å²) in [4.78, 5) is 13.8. The number of methoxy groups -OCH3 is 1. The number of furan rings is 1. The Kier molecular flexibility index (Phi) is 4.83. The molecule has 2 N–H and O–H groups in total. The Morgan fingerprint density at radius 1 is 1.19 bits per heavy atom. The third-order valence-corrected chi connectivity index (χ3v) is 4.61. The largest absolute Gasteiger partial charge is 0.461 e. The molecule has 1 fully saturated rings. The van der Waals surface area contributed by atoms with E-state index in [0.717, 1.165) is 51.6 Å². The Labute approximate surface area is 151 Å². The van der Waals surface area contributed by atoms with E-state index in [4.69, 9.17) is 14.9 Å². The molecule has 1 aliphatic rings. The van der Waals surface area contributed by atoms with Crippen LogP contribution in [0.25, 0.3) is 17.2 Å². The van der Waals surface area contributed by atoms with Gasteiger partial charge in [-0.05, 0) is 12.1 Å². The van der Waals surface area contributed by atoms with Crippen molar-refractivity contribution in [3.8, 4) is 11.6 Å². The molecule has 1 saturated heterocycles. The van der Waals surface area contributed by atoms with Crippen LogP contribution in [0.2, 0.25) is 0 Å². The van der Waals surface area contributed by atoms with Crippen LogP contribution in [-0.4, -0.2) is 75.8 Å². The molecule has 3 aromatic rings. The van der Waals surface area contributed by atoms with Crippen molar-refractivity contribution < 1.29 is 9.15 Å². The predicted molar refractivity (Wildman–Crippen MR) is 96.5 cm³/mol. The van der Waals surface area contributed by atoms with Gasteiger partial charge in [-0.15, -0.1) is 5.10 Å². The molecular formula is C17H23N7O2. The van der Waals surface area contributed by atoms with E-state index in [-0.39, 0.29) is 0 Å². The molecule has 26 heavy (non-hydrogen) atoms. The number of nitrogens with zero attached hydrogens (tertiary/aromatic N) is 6. The van der Waals surface area contributed by atoms with Crippen LogP contribution in [0.5, 0.6) is 0 Å². The fraction of sp³-hybridized carbons (Fsp3) is 0.471. The number of nitrogen functional groups attached to an aromatic ring is 1. The highest BCUT2D eigenvalue weighted by Gasteiger charge is 2.18. The van der Waals surface area contributed by atoms with Crippen molar-refractivity contribution in [3.63, 3.8) is 0 Å². The Morgan fingerprint density at radius 3 is 2.73 bits per heavy atom. The lowest BCUT2D eigenvalue weighted by molar-refractivity contribution is 0.0932. The van der Waals surface area contributed by atoms with Crippen molar-refractivity contribution in [2.45, 2.75) is 6.54 Å². The fourth-order valence-electron chi connectivity index (χ4n) is 3.17. The maximum atomic E-state index is 6.08. The van der Waals surface area contributed by atoms with Crippen LogP contribution < -0.4 is 5.73 Å². The molecule has 0 aromatic carbocycles. The van der Waals surface area contributed by atoms with E-state index < -0.39 is 0 Å². The van der Waals surface area contributed by atoms with Crippen molar-refractivity contribution in [2.24, 2.45) is 0 Å². The summed E-state index contributed by atoms with van der Waals surface area (Å²) in [6.07, 6.45) is 1.60. The van der Waals surface area contributed by atoms with Gasteiger partial charge in [0.05, 0.1) is 18.6 Å². The standard InChI is InChI=1S/C17H23N7O2/c1-25-10-8-22-4-6-23(7-5-22)12-13-11-15-20-16(14-3-2-9-26-14)21-24(15)17(18)19-13/h2-3,9,11H,4-8,10,12H2,1H3,(H2,18,19). The molecule has 4 heterocycles. The molecule has 0 unspecified atom stereocenters. The first kappa shape index (κ1) is 17.0. The van der Waals surface area contributed by atoms with E-state index in [0.29, 0.717) is 23.2 Å². The molecule has 9 nitrogen and oxygen atoms in total. The van der Waals surface area contributed by atoms with Crippen LogP contribution >= 0.6 is 0 Å². The van der Waals surface area contributed by atoms with Crippen LogP contribution in [0.1, 0.15) is 5.69 Å². The summed E-state index contributed by atoms with van der Waals surface area (Å²) in [5.74, 6) is 1.45. The smallest absolute Gasteiger partial charge is 0.223 e. The lowest BCUT2D eigenvalue weighted by atomic mass is 10.3. The average molecular weight is 357 g/mol. The van der Waals surface area contributed by atoms with Gasteiger partial charge in [0.1, 0.15) is 0 Å². The van der Waals surface area contributed by atoms with Crippen LogP contribution in [0, 0.1) is 0 Å². The van der Waals surface area contributed by atoms with Gasteiger partial charge in [-0.25, -0.2) is 9.97 Å². The topological polar surface area (TPSA) is 98.0 Å². The highest BCUT2D eigenvalue weighted by Crippen LogP contribution is 2.18. The summed E-state index contributed by atoms with van der Waals surface area (Å²) in [6.45, 7) is 6.59. The van der Waals surface area contributed by atoms with E-state index in [1.807, 2.05) is 12.1 Å². The summed E-state index contributed by atoms with van der Waals surface area (Å²) in [5, 5.41) is 4.37. The number of hydrogen-bond acceptors (Lipinski definition) is 8. The first-order chi connectivity index (χ1) is 12.7.